The third-order valence-corrected chi connectivity index (χ3v) is 3.01. The Bertz CT molecular complexity index is 336. The second-order valence-corrected chi connectivity index (χ2v) is 3.56. The third-order valence-electron chi connectivity index (χ3n) is 1.31. The quantitative estimate of drug-likeness (QED) is 0.610. The smallest absolute Gasteiger partial charge is 0.133 e. The number of thiazole rings is 1. The molecule has 0 radical (unpaired) electrons. The minimum atomic E-state index is 1.12. The van der Waals surface area contributed by atoms with Gasteiger partial charge in [-0.1, -0.05) is 0 Å². The van der Waals surface area contributed by atoms with E-state index in [1.165, 1.54) is 4.83 Å². The van der Waals surface area contributed by atoms with Gasteiger partial charge in [-0.05, 0) is 6.26 Å². The lowest BCUT2D eigenvalue weighted by Crippen LogP contribution is -1.66. The van der Waals surface area contributed by atoms with E-state index in [2.05, 4.69) is 10.4 Å². The number of fused-ring (bicyclic) bond motifs is 1. The maximum absolute atomic E-state index is 4.21. The molecular formula is C6H6N2S2. The van der Waals surface area contributed by atoms with Gasteiger partial charge in [-0.2, -0.15) is 0 Å². The molecule has 2 rings (SSSR count). The molecule has 0 bridgehead atoms. The highest BCUT2D eigenvalue weighted by atomic mass is 32.2. The van der Waals surface area contributed by atoms with E-state index >= 15 is 0 Å². The number of hydrogen-bond donors (Lipinski definition) is 0. The Morgan fingerprint density at radius 1 is 1.70 bits per heavy atom. The van der Waals surface area contributed by atoms with Crippen molar-refractivity contribution >= 4 is 27.9 Å². The Morgan fingerprint density at radius 3 is 3.40 bits per heavy atom. The van der Waals surface area contributed by atoms with Crippen molar-refractivity contribution in [3.05, 3.63) is 17.9 Å². The molecule has 2 nitrogen and oxygen atoms in total. The van der Waals surface area contributed by atoms with E-state index in [1.54, 1.807) is 23.1 Å². The van der Waals surface area contributed by atoms with Crippen molar-refractivity contribution in [2.45, 2.75) is 5.03 Å². The molecule has 0 aliphatic heterocycles. The van der Waals surface area contributed by atoms with Gasteiger partial charge in [0, 0.05) is 11.6 Å². The summed E-state index contributed by atoms with van der Waals surface area (Å²) in [4.78, 5) is 5.45. The van der Waals surface area contributed by atoms with Crippen molar-refractivity contribution in [1.29, 1.82) is 0 Å². The van der Waals surface area contributed by atoms with Gasteiger partial charge in [0.1, 0.15) is 16.2 Å². The van der Waals surface area contributed by atoms with Gasteiger partial charge in [0.25, 0.3) is 0 Å². The summed E-state index contributed by atoms with van der Waals surface area (Å²) < 4.78 is 2.04. The zero-order chi connectivity index (χ0) is 6.97. The van der Waals surface area contributed by atoms with Crippen LogP contribution in [0.15, 0.2) is 22.9 Å². The molecule has 0 unspecified atom stereocenters. The summed E-state index contributed by atoms with van der Waals surface area (Å²) >= 11 is 3.41. The highest BCUT2D eigenvalue weighted by molar-refractivity contribution is 7.98. The van der Waals surface area contributed by atoms with E-state index in [0.29, 0.717) is 0 Å². The van der Waals surface area contributed by atoms with E-state index in [-0.39, 0.29) is 0 Å². The van der Waals surface area contributed by atoms with Gasteiger partial charge >= 0.3 is 0 Å². The summed E-state index contributed by atoms with van der Waals surface area (Å²) in [6.07, 6.45) is 5.91. The first-order valence-electron chi connectivity index (χ1n) is 2.86. The maximum atomic E-state index is 4.21. The van der Waals surface area contributed by atoms with Gasteiger partial charge in [0.15, 0.2) is 0 Å². The Morgan fingerprint density at radius 2 is 2.60 bits per heavy atom. The van der Waals surface area contributed by atoms with Gasteiger partial charge in [-0.15, -0.1) is 23.1 Å². The summed E-state index contributed by atoms with van der Waals surface area (Å²) in [5, 5.41) is 3.19. The first-order valence-corrected chi connectivity index (χ1v) is 4.96. The molecule has 0 saturated heterocycles. The van der Waals surface area contributed by atoms with Crippen molar-refractivity contribution in [2.75, 3.05) is 6.26 Å². The number of nitrogens with zero attached hydrogens (tertiary/aromatic N) is 2. The Balaban J connectivity index is 2.76. The first kappa shape index (κ1) is 6.24. The SMILES string of the molecule is CSc1ncn2ccsc12. The number of thioether (sulfide) groups is 1. The lowest BCUT2D eigenvalue weighted by atomic mass is 10.9. The number of imidazole rings is 1. The molecule has 0 fully saturated rings. The lowest BCUT2D eigenvalue weighted by molar-refractivity contribution is 1.15. The monoisotopic (exact) mass is 170 g/mol. The molecule has 2 aromatic heterocycles. The van der Waals surface area contributed by atoms with Crippen LogP contribution < -0.4 is 0 Å². The van der Waals surface area contributed by atoms with Crippen LogP contribution in [0.1, 0.15) is 0 Å². The van der Waals surface area contributed by atoms with E-state index < -0.39 is 0 Å². The lowest BCUT2D eigenvalue weighted by Gasteiger charge is -1.82. The zero-order valence-corrected chi connectivity index (χ0v) is 7.08. The van der Waals surface area contributed by atoms with Crippen LogP contribution >= 0.6 is 23.1 Å². The molecule has 0 aliphatic rings. The van der Waals surface area contributed by atoms with Gasteiger partial charge in [0.2, 0.25) is 0 Å². The normalized spacial score (nSPS) is 10.9. The third kappa shape index (κ3) is 0.759. The van der Waals surface area contributed by atoms with Gasteiger partial charge < -0.3 is 0 Å². The fourth-order valence-electron chi connectivity index (χ4n) is 0.851. The molecule has 0 N–H and O–H groups in total. The van der Waals surface area contributed by atoms with Gasteiger partial charge in [-0.3, -0.25) is 4.40 Å². The average molecular weight is 170 g/mol. The summed E-state index contributed by atoms with van der Waals surface area (Å²) in [5.41, 5.74) is 0. The van der Waals surface area contributed by atoms with Crippen LogP contribution in [0, 0.1) is 0 Å². The number of aromatic nitrogens is 2. The minimum Gasteiger partial charge on any atom is -0.296 e. The molecule has 0 atom stereocenters. The van der Waals surface area contributed by atoms with E-state index in [4.69, 9.17) is 0 Å². The van der Waals surface area contributed by atoms with Crippen molar-refractivity contribution < 1.29 is 0 Å². The summed E-state index contributed by atoms with van der Waals surface area (Å²) in [6, 6.07) is 0. The summed E-state index contributed by atoms with van der Waals surface area (Å²) in [6.45, 7) is 0. The van der Waals surface area contributed by atoms with Crippen LogP contribution in [0.4, 0.5) is 0 Å². The largest absolute Gasteiger partial charge is 0.296 e. The Labute approximate surface area is 66.9 Å². The standard InChI is InChI=1S/C6H6N2S2/c1-9-5-6-8(4-7-5)2-3-10-6/h2-4H,1H3. The molecule has 0 spiro atoms. The van der Waals surface area contributed by atoms with Crippen molar-refractivity contribution in [1.82, 2.24) is 9.38 Å². The molecule has 2 aromatic rings. The Hall–Kier alpha value is -0.480. The molecule has 0 aliphatic carbocycles. The Kier molecular flexibility index (Phi) is 1.43. The van der Waals surface area contributed by atoms with Crippen LogP contribution in [-0.4, -0.2) is 15.6 Å². The van der Waals surface area contributed by atoms with Crippen LogP contribution in [-0.2, 0) is 0 Å². The van der Waals surface area contributed by atoms with Crippen molar-refractivity contribution in [3.8, 4) is 0 Å². The van der Waals surface area contributed by atoms with Crippen molar-refractivity contribution in [3.63, 3.8) is 0 Å². The van der Waals surface area contributed by atoms with Gasteiger partial charge in [0.05, 0.1) is 0 Å². The number of rotatable bonds is 1. The fraction of sp³-hybridized carbons (Fsp3) is 0.167. The van der Waals surface area contributed by atoms with E-state index in [9.17, 15) is 0 Å². The van der Waals surface area contributed by atoms with Crippen LogP contribution in [0.3, 0.4) is 0 Å². The molecule has 0 aromatic carbocycles. The predicted molar refractivity (Wildman–Crippen MR) is 44.9 cm³/mol. The molecule has 4 heteroatoms. The maximum Gasteiger partial charge on any atom is 0.133 e. The first-order chi connectivity index (χ1) is 4.92. The van der Waals surface area contributed by atoms with Crippen LogP contribution in [0.2, 0.25) is 0 Å². The molecule has 10 heavy (non-hydrogen) atoms. The molecule has 52 valence electrons. The fourth-order valence-corrected chi connectivity index (χ4v) is 2.38. The average Bonchev–Trinajstić information content (AvgIpc) is 2.44. The summed E-state index contributed by atoms with van der Waals surface area (Å²) in [7, 11) is 0. The molecule has 0 saturated carbocycles. The van der Waals surface area contributed by atoms with Crippen LogP contribution in [0.5, 0.6) is 0 Å². The highest BCUT2D eigenvalue weighted by Crippen LogP contribution is 2.23. The second-order valence-electron chi connectivity index (χ2n) is 1.87. The predicted octanol–water partition coefficient (Wildman–Crippen LogP) is 2.12. The van der Waals surface area contributed by atoms with E-state index in [1.807, 2.05) is 23.2 Å². The topological polar surface area (TPSA) is 17.3 Å². The molecule has 2 heterocycles. The van der Waals surface area contributed by atoms with Crippen LogP contribution in [0.25, 0.3) is 4.83 Å². The minimum absolute atomic E-state index is 1.12. The highest BCUT2D eigenvalue weighted by Gasteiger charge is 2.01. The molecular weight excluding hydrogens is 164 g/mol. The number of hydrogen-bond acceptors (Lipinski definition) is 3. The molecule has 0 amide bonds. The van der Waals surface area contributed by atoms with Crippen molar-refractivity contribution in [2.24, 2.45) is 0 Å². The zero-order valence-electron chi connectivity index (χ0n) is 5.44. The second kappa shape index (κ2) is 2.29. The summed E-state index contributed by atoms with van der Waals surface area (Å²) in [5.74, 6) is 0. The van der Waals surface area contributed by atoms with Gasteiger partial charge in [-0.25, -0.2) is 4.98 Å². The van der Waals surface area contributed by atoms with E-state index in [0.717, 1.165) is 5.03 Å².